The van der Waals surface area contributed by atoms with Gasteiger partial charge in [-0.15, -0.1) is 0 Å². The van der Waals surface area contributed by atoms with Crippen molar-refractivity contribution >= 4 is 0 Å². The van der Waals surface area contributed by atoms with Gasteiger partial charge in [0.05, 0.1) is 0 Å². The Labute approximate surface area is 74.1 Å². The Morgan fingerprint density at radius 2 is 1.92 bits per heavy atom. The summed E-state index contributed by atoms with van der Waals surface area (Å²) in [7, 11) is 0. The molecule has 0 radical (unpaired) electrons. The summed E-state index contributed by atoms with van der Waals surface area (Å²) < 4.78 is 0. The molecule has 1 nitrogen and oxygen atoms in total. The van der Waals surface area contributed by atoms with Gasteiger partial charge in [0.15, 0.2) is 0 Å². The van der Waals surface area contributed by atoms with Gasteiger partial charge in [-0.25, -0.2) is 0 Å². The smallest absolute Gasteiger partial charge is 0.0436 e. The normalized spacial score (nSPS) is 12.8. The fourth-order valence-corrected chi connectivity index (χ4v) is 1.49. The molecule has 0 aliphatic carbocycles. The average Bonchev–Trinajstić information content (AvgIpc) is 2.15. The largest absolute Gasteiger partial charge is 0.396 e. The molecule has 0 fully saturated rings. The molecule has 0 heterocycles. The first-order valence-corrected chi connectivity index (χ1v) is 4.54. The van der Waals surface area contributed by atoms with Crippen molar-refractivity contribution in [1.29, 1.82) is 0 Å². The summed E-state index contributed by atoms with van der Waals surface area (Å²) >= 11 is 0. The van der Waals surface area contributed by atoms with Gasteiger partial charge in [0.2, 0.25) is 0 Å². The molecule has 0 saturated carbocycles. The molecule has 1 aromatic carbocycles. The second kappa shape index (κ2) is 4.94. The molecule has 0 aliphatic rings. The van der Waals surface area contributed by atoms with E-state index in [1.54, 1.807) is 0 Å². The monoisotopic (exact) mass is 164 g/mol. The van der Waals surface area contributed by atoms with Crippen LogP contribution < -0.4 is 0 Å². The van der Waals surface area contributed by atoms with Gasteiger partial charge in [-0.3, -0.25) is 0 Å². The van der Waals surface area contributed by atoms with Crippen LogP contribution >= 0.6 is 0 Å². The number of aliphatic hydroxyl groups excluding tert-OH is 1. The van der Waals surface area contributed by atoms with Gasteiger partial charge < -0.3 is 5.11 Å². The van der Waals surface area contributed by atoms with Gasteiger partial charge in [0.25, 0.3) is 0 Å². The maximum atomic E-state index is 8.83. The van der Waals surface area contributed by atoms with E-state index in [-0.39, 0.29) is 6.61 Å². The lowest BCUT2D eigenvalue weighted by Crippen LogP contribution is -1.99. The number of hydrogen-bond donors (Lipinski definition) is 1. The summed E-state index contributed by atoms with van der Waals surface area (Å²) in [5, 5.41) is 8.83. The van der Waals surface area contributed by atoms with E-state index >= 15 is 0 Å². The van der Waals surface area contributed by atoms with Crippen molar-refractivity contribution < 1.29 is 5.11 Å². The Kier molecular flexibility index (Phi) is 3.81. The fourth-order valence-electron chi connectivity index (χ4n) is 1.49. The maximum Gasteiger partial charge on any atom is 0.0436 e. The molecule has 66 valence electrons. The standard InChI is InChI=1S/C11H16O/c1-2-10(8-9-12)11-6-4-3-5-7-11/h3-7,10,12H,2,8-9H2,1H3. The SMILES string of the molecule is CCC(CCO)c1ccccc1. The van der Waals surface area contributed by atoms with E-state index in [0.717, 1.165) is 12.8 Å². The Morgan fingerprint density at radius 1 is 1.25 bits per heavy atom. The van der Waals surface area contributed by atoms with Crippen LogP contribution in [0.4, 0.5) is 0 Å². The number of benzene rings is 1. The van der Waals surface area contributed by atoms with Crippen molar-refractivity contribution in [3.63, 3.8) is 0 Å². The molecule has 1 unspecified atom stereocenters. The summed E-state index contributed by atoms with van der Waals surface area (Å²) in [5.74, 6) is 0.524. The molecule has 0 bridgehead atoms. The van der Waals surface area contributed by atoms with Crippen LogP contribution in [-0.2, 0) is 0 Å². The van der Waals surface area contributed by atoms with Crippen LogP contribution in [0.3, 0.4) is 0 Å². The average molecular weight is 164 g/mol. The van der Waals surface area contributed by atoms with Crippen LogP contribution in [0.15, 0.2) is 30.3 Å². The molecule has 0 aromatic heterocycles. The number of hydrogen-bond acceptors (Lipinski definition) is 1. The third-order valence-electron chi connectivity index (χ3n) is 2.24. The minimum atomic E-state index is 0.285. The van der Waals surface area contributed by atoms with Crippen LogP contribution in [-0.4, -0.2) is 11.7 Å². The first-order valence-electron chi connectivity index (χ1n) is 4.54. The predicted molar refractivity (Wildman–Crippen MR) is 51.2 cm³/mol. The lowest BCUT2D eigenvalue weighted by Gasteiger charge is -2.12. The van der Waals surface area contributed by atoms with Crippen LogP contribution in [0.2, 0.25) is 0 Å². The highest BCUT2D eigenvalue weighted by Crippen LogP contribution is 2.21. The third kappa shape index (κ3) is 2.35. The summed E-state index contributed by atoms with van der Waals surface area (Å²) in [6.07, 6.45) is 1.98. The zero-order valence-corrected chi connectivity index (χ0v) is 7.53. The second-order valence-electron chi connectivity index (χ2n) is 3.03. The Hall–Kier alpha value is -0.820. The Bertz CT molecular complexity index is 206. The van der Waals surface area contributed by atoms with Crippen molar-refractivity contribution in [3.8, 4) is 0 Å². The van der Waals surface area contributed by atoms with E-state index in [9.17, 15) is 0 Å². The van der Waals surface area contributed by atoms with Crippen LogP contribution in [0.5, 0.6) is 0 Å². The van der Waals surface area contributed by atoms with Crippen molar-refractivity contribution in [2.75, 3.05) is 6.61 Å². The van der Waals surface area contributed by atoms with Crippen LogP contribution in [0, 0.1) is 0 Å². The lowest BCUT2D eigenvalue weighted by atomic mass is 9.94. The summed E-state index contributed by atoms with van der Waals surface area (Å²) in [6.45, 7) is 2.45. The fraction of sp³-hybridized carbons (Fsp3) is 0.455. The van der Waals surface area contributed by atoms with Gasteiger partial charge in [-0.05, 0) is 24.3 Å². The minimum absolute atomic E-state index is 0.285. The molecule has 1 heteroatoms. The highest BCUT2D eigenvalue weighted by Gasteiger charge is 2.06. The quantitative estimate of drug-likeness (QED) is 0.725. The number of rotatable bonds is 4. The molecule has 0 amide bonds. The zero-order valence-electron chi connectivity index (χ0n) is 7.53. The molecular formula is C11H16O. The van der Waals surface area contributed by atoms with Gasteiger partial charge in [0, 0.05) is 6.61 Å². The molecule has 0 aliphatic heterocycles. The van der Waals surface area contributed by atoms with Crippen LogP contribution in [0.1, 0.15) is 31.2 Å². The molecule has 1 aromatic rings. The topological polar surface area (TPSA) is 20.2 Å². The van der Waals surface area contributed by atoms with Gasteiger partial charge in [-0.2, -0.15) is 0 Å². The lowest BCUT2D eigenvalue weighted by molar-refractivity contribution is 0.274. The van der Waals surface area contributed by atoms with Crippen molar-refractivity contribution in [1.82, 2.24) is 0 Å². The van der Waals surface area contributed by atoms with E-state index in [0.29, 0.717) is 5.92 Å². The van der Waals surface area contributed by atoms with Crippen molar-refractivity contribution in [2.45, 2.75) is 25.7 Å². The molecular weight excluding hydrogens is 148 g/mol. The predicted octanol–water partition coefficient (Wildman–Crippen LogP) is 2.56. The van der Waals surface area contributed by atoms with E-state index in [1.165, 1.54) is 5.56 Å². The third-order valence-corrected chi connectivity index (χ3v) is 2.24. The molecule has 0 spiro atoms. The summed E-state index contributed by atoms with van der Waals surface area (Å²) in [5.41, 5.74) is 1.34. The van der Waals surface area contributed by atoms with E-state index in [2.05, 4.69) is 31.2 Å². The van der Waals surface area contributed by atoms with E-state index in [4.69, 9.17) is 5.11 Å². The molecule has 1 N–H and O–H groups in total. The second-order valence-corrected chi connectivity index (χ2v) is 3.03. The molecule has 0 saturated heterocycles. The molecule has 1 atom stereocenters. The first-order chi connectivity index (χ1) is 5.88. The zero-order chi connectivity index (χ0) is 8.81. The van der Waals surface area contributed by atoms with Gasteiger partial charge >= 0.3 is 0 Å². The maximum absolute atomic E-state index is 8.83. The first kappa shape index (κ1) is 9.27. The highest BCUT2D eigenvalue weighted by molar-refractivity contribution is 5.19. The summed E-state index contributed by atoms with van der Waals surface area (Å²) in [4.78, 5) is 0. The summed E-state index contributed by atoms with van der Waals surface area (Å²) in [6, 6.07) is 10.4. The molecule has 1 rings (SSSR count). The Balaban J connectivity index is 2.66. The molecule has 12 heavy (non-hydrogen) atoms. The van der Waals surface area contributed by atoms with Crippen molar-refractivity contribution in [3.05, 3.63) is 35.9 Å². The van der Waals surface area contributed by atoms with Gasteiger partial charge in [-0.1, -0.05) is 37.3 Å². The highest BCUT2D eigenvalue weighted by atomic mass is 16.3. The number of aliphatic hydroxyl groups is 1. The van der Waals surface area contributed by atoms with E-state index < -0.39 is 0 Å². The van der Waals surface area contributed by atoms with E-state index in [1.807, 2.05) is 6.07 Å². The Morgan fingerprint density at radius 3 is 2.42 bits per heavy atom. The minimum Gasteiger partial charge on any atom is -0.396 e. The van der Waals surface area contributed by atoms with Crippen LogP contribution in [0.25, 0.3) is 0 Å². The van der Waals surface area contributed by atoms with Crippen molar-refractivity contribution in [2.24, 2.45) is 0 Å². The van der Waals surface area contributed by atoms with Gasteiger partial charge in [0.1, 0.15) is 0 Å².